The van der Waals surface area contributed by atoms with Crippen molar-refractivity contribution in [1.82, 2.24) is 10.2 Å². The molecule has 28 heavy (non-hydrogen) atoms. The lowest BCUT2D eigenvalue weighted by Crippen LogP contribution is -2.49. The lowest BCUT2D eigenvalue weighted by molar-refractivity contribution is -0.121. The van der Waals surface area contributed by atoms with Gasteiger partial charge in [-0.1, -0.05) is 0 Å². The number of anilines is 2. The van der Waals surface area contributed by atoms with Crippen LogP contribution in [0, 0.1) is 5.82 Å². The van der Waals surface area contributed by atoms with Crippen molar-refractivity contribution in [3.8, 4) is 0 Å². The van der Waals surface area contributed by atoms with E-state index < -0.39 is 18.1 Å². The average Bonchev–Trinajstić information content (AvgIpc) is 3.01. The molecule has 2 saturated heterocycles. The van der Waals surface area contributed by atoms with Gasteiger partial charge >= 0.3 is 12.2 Å². The van der Waals surface area contributed by atoms with Crippen molar-refractivity contribution in [2.24, 2.45) is 0 Å². The topological polar surface area (TPSA) is 91.4 Å². The first-order valence-corrected chi connectivity index (χ1v) is 9.10. The largest absolute Gasteiger partial charge is 0.450 e. The predicted molar refractivity (Wildman–Crippen MR) is 98.6 cm³/mol. The second-order valence-electron chi connectivity index (χ2n) is 6.49. The summed E-state index contributed by atoms with van der Waals surface area (Å²) in [6.07, 6.45) is -1.77. The molecule has 1 atom stereocenters. The molecule has 0 spiro atoms. The predicted octanol–water partition coefficient (Wildman–Crippen LogP) is 1.52. The number of carbonyl (C=O) groups is 3. The molecule has 0 aromatic heterocycles. The van der Waals surface area contributed by atoms with Gasteiger partial charge in [0.1, 0.15) is 5.82 Å². The quantitative estimate of drug-likeness (QED) is 0.833. The van der Waals surface area contributed by atoms with E-state index in [0.29, 0.717) is 44.2 Å². The first kappa shape index (κ1) is 19.7. The number of piperazine rings is 1. The summed E-state index contributed by atoms with van der Waals surface area (Å²) in [7, 11) is 0. The van der Waals surface area contributed by atoms with Crippen LogP contribution >= 0.6 is 0 Å². The molecule has 10 heteroatoms. The van der Waals surface area contributed by atoms with Gasteiger partial charge in [0.15, 0.2) is 6.23 Å². The molecular weight excluding hydrogens is 371 g/mol. The first-order valence-electron chi connectivity index (χ1n) is 9.10. The molecule has 2 fully saturated rings. The molecule has 1 unspecified atom stereocenters. The highest BCUT2D eigenvalue weighted by Crippen LogP contribution is 2.28. The summed E-state index contributed by atoms with van der Waals surface area (Å²) in [6, 6.07) is 4.50. The molecule has 9 nitrogen and oxygen atoms in total. The number of hydrogen-bond acceptors (Lipinski definition) is 6. The van der Waals surface area contributed by atoms with Crippen LogP contribution in [0.2, 0.25) is 0 Å². The molecule has 0 bridgehead atoms. The fraction of sp³-hybridized carbons (Fsp3) is 0.500. The van der Waals surface area contributed by atoms with E-state index in [2.05, 4.69) is 5.32 Å². The minimum absolute atomic E-state index is 0.107. The van der Waals surface area contributed by atoms with Crippen LogP contribution in [0.4, 0.5) is 25.4 Å². The maximum atomic E-state index is 14.7. The Hall–Kier alpha value is -3.04. The van der Waals surface area contributed by atoms with Crippen LogP contribution in [0.1, 0.15) is 13.8 Å². The summed E-state index contributed by atoms with van der Waals surface area (Å²) in [4.78, 5) is 39.6. The van der Waals surface area contributed by atoms with Crippen molar-refractivity contribution in [2.45, 2.75) is 20.1 Å². The SMILES string of the molecule is CCOC(=O)N1CCN(c2ccc(N3CC(NC(C)=O)OC3=O)cc2F)CC1. The highest BCUT2D eigenvalue weighted by Gasteiger charge is 2.33. The molecule has 2 aliphatic rings. The van der Waals surface area contributed by atoms with Crippen molar-refractivity contribution >= 4 is 29.5 Å². The van der Waals surface area contributed by atoms with E-state index in [9.17, 15) is 18.8 Å². The summed E-state index contributed by atoms with van der Waals surface area (Å²) in [5.74, 6) is -0.791. The summed E-state index contributed by atoms with van der Waals surface area (Å²) in [6.45, 7) is 5.34. The van der Waals surface area contributed by atoms with Gasteiger partial charge in [-0.2, -0.15) is 0 Å². The number of hydrogen-bond donors (Lipinski definition) is 1. The number of cyclic esters (lactones) is 1. The Balaban J connectivity index is 1.64. The van der Waals surface area contributed by atoms with Crippen LogP contribution in [-0.4, -0.2) is 68.6 Å². The molecule has 0 aliphatic carbocycles. The number of benzene rings is 1. The van der Waals surface area contributed by atoms with E-state index in [1.165, 1.54) is 17.9 Å². The zero-order valence-corrected chi connectivity index (χ0v) is 15.8. The third kappa shape index (κ3) is 4.26. The van der Waals surface area contributed by atoms with Crippen LogP contribution in [0.25, 0.3) is 0 Å². The summed E-state index contributed by atoms with van der Waals surface area (Å²) < 4.78 is 24.7. The van der Waals surface area contributed by atoms with Gasteiger partial charge in [-0.15, -0.1) is 0 Å². The summed E-state index contributed by atoms with van der Waals surface area (Å²) in [5, 5.41) is 2.50. The van der Waals surface area contributed by atoms with Crippen LogP contribution in [0.15, 0.2) is 18.2 Å². The highest BCUT2D eigenvalue weighted by atomic mass is 19.1. The number of ether oxygens (including phenoxy) is 2. The molecule has 1 aromatic rings. The molecule has 152 valence electrons. The summed E-state index contributed by atoms with van der Waals surface area (Å²) in [5.41, 5.74) is 0.752. The molecule has 3 amide bonds. The molecule has 2 aliphatic heterocycles. The Morgan fingerprint density at radius 2 is 2.00 bits per heavy atom. The Morgan fingerprint density at radius 1 is 1.29 bits per heavy atom. The van der Waals surface area contributed by atoms with E-state index in [1.807, 2.05) is 4.90 Å². The van der Waals surface area contributed by atoms with Gasteiger partial charge in [-0.05, 0) is 25.1 Å². The van der Waals surface area contributed by atoms with Crippen molar-refractivity contribution in [2.75, 3.05) is 49.1 Å². The number of amides is 3. The van der Waals surface area contributed by atoms with Gasteiger partial charge in [0.25, 0.3) is 0 Å². The number of nitrogens with zero attached hydrogens (tertiary/aromatic N) is 3. The Morgan fingerprint density at radius 3 is 2.61 bits per heavy atom. The fourth-order valence-electron chi connectivity index (χ4n) is 3.24. The van der Waals surface area contributed by atoms with Crippen molar-refractivity contribution in [3.63, 3.8) is 0 Å². The standard InChI is InChI=1S/C18H23FN4O5/c1-3-27-17(25)22-8-6-21(7-9-22)15-5-4-13(10-14(15)19)23-11-16(20-12(2)24)28-18(23)26/h4-5,10,16H,3,6-9,11H2,1-2H3,(H,20,24). The second-order valence-corrected chi connectivity index (χ2v) is 6.49. The Bertz CT molecular complexity index is 766. The first-order chi connectivity index (χ1) is 13.4. The molecule has 0 saturated carbocycles. The van der Waals surface area contributed by atoms with Gasteiger partial charge in [-0.3, -0.25) is 9.69 Å². The number of nitrogens with one attached hydrogen (secondary N) is 1. The molecule has 2 heterocycles. The number of carbonyl (C=O) groups excluding carboxylic acids is 3. The zero-order chi connectivity index (χ0) is 20.3. The van der Waals surface area contributed by atoms with E-state index in [1.54, 1.807) is 24.0 Å². The van der Waals surface area contributed by atoms with E-state index in [-0.39, 0.29) is 18.5 Å². The normalized spacial score (nSPS) is 19.5. The van der Waals surface area contributed by atoms with Gasteiger partial charge in [0.05, 0.1) is 24.5 Å². The maximum absolute atomic E-state index is 14.7. The van der Waals surface area contributed by atoms with Gasteiger partial charge in [-0.25, -0.2) is 14.0 Å². The minimum atomic E-state index is -0.760. The smallest absolute Gasteiger partial charge is 0.416 e. The van der Waals surface area contributed by atoms with Crippen LogP contribution in [-0.2, 0) is 14.3 Å². The highest BCUT2D eigenvalue weighted by molar-refractivity contribution is 5.90. The van der Waals surface area contributed by atoms with E-state index in [0.717, 1.165) is 0 Å². The van der Waals surface area contributed by atoms with Crippen LogP contribution < -0.4 is 15.1 Å². The maximum Gasteiger partial charge on any atom is 0.416 e. The number of rotatable bonds is 4. The van der Waals surface area contributed by atoms with Crippen LogP contribution in [0.3, 0.4) is 0 Å². The third-order valence-electron chi connectivity index (χ3n) is 4.57. The third-order valence-corrected chi connectivity index (χ3v) is 4.57. The lowest BCUT2D eigenvalue weighted by Gasteiger charge is -2.35. The number of halogens is 1. The second kappa shape index (κ2) is 8.32. The molecule has 1 N–H and O–H groups in total. The zero-order valence-electron chi connectivity index (χ0n) is 15.8. The monoisotopic (exact) mass is 394 g/mol. The molecule has 3 rings (SSSR count). The van der Waals surface area contributed by atoms with Crippen molar-refractivity contribution in [1.29, 1.82) is 0 Å². The van der Waals surface area contributed by atoms with Crippen molar-refractivity contribution in [3.05, 3.63) is 24.0 Å². The minimum Gasteiger partial charge on any atom is -0.450 e. The van der Waals surface area contributed by atoms with E-state index in [4.69, 9.17) is 9.47 Å². The molecular formula is C18H23FN4O5. The van der Waals surface area contributed by atoms with E-state index >= 15 is 0 Å². The van der Waals surface area contributed by atoms with Gasteiger partial charge in [0.2, 0.25) is 5.91 Å². The molecule has 1 aromatic carbocycles. The van der Waals surface area contributed by atoms with Crippen LogP contribution in [0.5, 0.6) is 0 Å². The fourth-order valence-corrected chi connectivity index (χ4v) is 3.24. The lowest BCUT2D eigenvalue weighted by atomic mass is 10.2. The Labute approximate surface area is 162 Å². The van der Waals surface area contributed by atoms with Crippen molar-refractivity contribution < 1.29 is 28.2 Å². The summed E-state index contributed by atoms with van der Waals surface area (Å²) >= 11 is 0. The van der Waals surface area contributed by atoms with Gasteiger partial charge < -0.3 is 24.6 Å². The Kier molecular flexibility index (Phi) is 5.86. The average molecular weight is 394 g/mol. The van der Waals surface area contributed by atoms with Gasteiger partial charge in [0, 0.05) is 33.1 Å². The molecule has 0 radical (unpaired) electrons.